The Morgan fingerprint density at radius 2 is 2.29 bits per heavy atom. The first-order valence-corrected chi connectivity index (χ1v) is 4.69. The largest absolute Gasteiger partial charge is 0.503 e. The molecular formula is C10H16N2O2. The Bertz CT molecular complexity index is 367. The van der Waals surface area contributed by atoms with Gasteiger partial charge in [-0.3, -0.25) is 4.79 Å². The van der Waals surface area contributed by atoms with Crippen molar-refractivity contribution < 1.29 is 5.11 Å². The zero-order valence-corrected chi connectivity index (χ0v) is 8.74. The van der Waals surface area contributed by atoms with E-state index in [1.54, 1.807) is 13.1 Å². The molecule has 1 aromatic heterocycles. The van der Waals surface area contributed by atoms with Crippen molar-refractivity contribution in [1.29, 1.82) is 0 Å². The second-order valence-corrected chi connectivity index (χ2v) is 3.23. The lowest BCUT2D eigenvalue weighted by atomic mass is 10.2. The zero-order chi connectivity index (χ0) is 10.7. The highest BCUT2D eigenvalue weighted by atomic mass is 16.3. The summed E-state index contributed by atoms with van der Waals surface area (Å²) in [7, 11) is 1.85. The van der Waals surface area contributed by atoms with Gasteiger partial charge in [0.25, 0.3) is 0 Å². The SMILES string of the molecule is CCC(NC)n1ccc(=O)c(O)c1C. The van der Waals surface area contributed by atoms with E-state index in [9.17, 15) is 9.90 Å². The summed E-state index contributed by atoms with van der Waals surface area (Å²) >= 11 is 0. The molecule has 1 heterocycles. The molecule has 0 fully saturated rings. The molecule has 0 bridgehead atoms. The Balaban J connectivity index is 3.22. The highest BCUT2D eigenvalue weighted by Crippen LogP contribution is 2.15. The van der Waals surface area contributed by atoms with Crippen LogP contribution in [-0.4, -0.2) is 16.7 Å². The standard InChI is InChI=1S/C10H16N2O2/c1-4-9(11-3)12-6-5-8(13)10(14)7(12)2/h5-6,9,11,14H,4H2,1-3H3. The molecule has 0 aliphatic rings. The lowest BCUT2D eigenvalue weighted by Crippen LogP contribution is -2.25. The lowest BCUT2D eigenvalue weighted by molar-refractivity contribution is 0.392. The van der Waals surface area contributed by atoms with Gasteiger partial charge in [0.15, 0.2) is 5.75 Å². The first kappa shape index (κ1) is 10.8. The van der Waals surface area contributed by atoms with Crippen molar-refractivity contribution in [3.8, 4) is 5.75 Å². The molecule has 1 rings (SSSR count). The van der Waals surface area contributed by atoms with Crippen LogP contribution in [0, 0.1) is 6.92 Å². The molecule has 0 amide bonds. The number of rotatable bonds is 3. The molecule has 0 saturated heterocycles. The number of hydrogen-bond acceptors (Lipinski definition) is 3. The summed E-state index contributed by atoms with van der Waals surface area (Å²) in [6, 6.07) is 1.38. The fourth-order valence-electron chi connectivity index (χ4n) is 1.52. The van der Waals surface area contributed by atoms with Crippen LogP contribution in [0.5, 0.6) is 5.75 Å². The van der Waals surface area contributed by atoms with Crippen LogP contribution in [0.25, 0.3) is 0 Å². The summed E-state index contributed by atoms with van der Waals surface area (Å²) < 4.78 is 1.86. The van der Waals surface area contributed by atoms with Gasteiger partial charge >= 0.3 is 0 Å². The van der Waals surface area contributed by atoms with Crippen LogP contribution >= 0.6 is 0 Å². The van der Waals surface area contributed by atoms with E-state index in [1.165, 1.54) is 6.07 Å². The van der Waals surface area contributed by atoms with Gasteiger partial charge < -0.3 is 15.0 Å². The van der Waals surface area contributed by atoms with Crippen molar-refractivity contribution in [2.45, 2.75) is 26.4 Å². The van der Waals surface area contributed by atoms with Crippen molar-refractivity contribution in [1.82, 2.24) is 9.88 Å². The molecule has 78 valence electrons. The third-order valence-corrected chi connectivity index (χ3v) is 2.41. The Labute approximate surface area is 83.2 Å². The van der Waals surface area contributed by atoms with Crippen LogP contribution in [0.1, 0.15) is 25.2 Å². The van der Waals surface area contributed by atoms with E-state index in [0.29, 0.717) is 5.69 Å². The minimum atomic E-state index is -0.329. The summed E-state index contributed by atoms with van der Waals surface area (Å²) in [5.74, 6) is -0.166. The van der Waals surface area contributed by atoms with Crippen LogP contribution in [0.3, 0.4) is 0 Å². The second-order valence-electron chi connectivity index (χ2n) is 3.23. The zero-order valence-electron chi connectivity index (χ0n) is 8.74. The molecule has 1 unspecified atom stereocenters. The lowest BCUT2D eigenvalue weighted by Gasteiger charge is -2.21. The molecule has 0 aliphatic heterocycles. The van der Waals surface area contributed by atoms with Crippen molar-refractivity contribution in [2.75, 3.05) is 7.05 Å². The number of hydrogen-bond donors (Lipinski definition) is 2. The van der Waals surface area contributed by atoms with Crippen molar-refractivity contribution in [3.05, 3.63) is 28.2 Å². The highest BCUT2D eigenvalue weighted by molar-refractivity contribution is 5.25. The van der Waals surface area contributed by atoms with Crippen LogP contribution in [0.2, 0.25) is 0 Å². The maximum Gasteiger partial charge on any atom is 0.223 e. The van der Waals surface area contributed by atoms with E-state index >= 15 is 0 Å². The summed E-state index contributed by atoms with van der Waals surface area (Å²) in [5.41, 5.74) is 0.267. The molecule has 4 nitrogen and oxygen atoms in total. The Morgan fingerprint density at radius 1 is 1.64 bits per heavy atom. The van der Waals surface area contributed by atoms with Gasteiger partial charge in [-0.15, -0.1) is 0 Å². The van der Waals surface area contributed by atoms with Crippen molar-refractivity contribution in [3.63, 3.8) is 0 Å². The minimum absolute atomic E-state index is 0.112. The molecule has 0 aliphatic carbocycles. The average Bonchev–Trinajstić information content (AvgIpc) is 2.19. The highest BCUT2D eigenvalue weighted by Gasteiger charge is 2.10. The number of pyridine rings is 1. The van der Waals surface area contributed by atoms with Crippen molar-refractivity contribution in [2.24, 2.45) is 0 Å². The number of nitrogens with zero attached hydrogens (tertiary/aromatic N) is 1. The molecule has 4 heteroatoms. The number of aromatic nitrogens is 1. The van der Waals surface area contributed by atoms with E-state index in [4.69, 9.17) is 0 Å². The van der Waals surface area contributed by atoms with Crippen LogP contribution in [0.4, 0.5) is 0 Å². The molecule has 0 aromatic carbocycles. The fourth-order valence-corrected chi connectivity index (χ4v) is 1.52. The van der Waals surface area contributed by atoms with Gasteiger partial charge in [-0.05, 0) is 20.4 Å². The molecular weight excluding hydrogens is 180 g/mol. The first-order valence-electron chi connectivity index (χ1n) is 4.69. The van der Waals surface area contributed by atoms with Gasteiger partial charge in [-0.1, -0.05) is 6.92 Å². The molecule has 1 aromatic rings. The third-order valence-electron chi connectivity index (χ3n) is 2.41. The van der Waals surface area contributed by atoms with Gasteiger partial charge in [0.2, 0.25) is 5.43 Å². The van der Waals surface area contributed by atoms with Crippen LogP contribution in [-0.2, 0) is 0 Å². The Hall–Kier alpha value is -1.29. The number of nitrogens with one attached hydrogen (secondary N) is 1. The number of aromatic hydroxyl groups is 1. The summed E-state index contributed by atoms with van der Waals surface area (Å²) in [4.78, 5) is 11.1. The molecule has 0 radical (unpaired) electrons. The van der Waals surface area contributed by atoms with Crippen molar-refractivity contribution >= 4 is 0 Å². The Morgan fingerprint density at radius 3 is 2.79 bits per heavy atom. The third kappa shape index (κ3) is 1.80. The van der Waals surface area contributed by atoms with E-state index in [1.807, 2.05) is 18.5 Å². The summed E-state index contributed by atoms with van der Waals surface area (Å²) in [5, 5.41) is 12.6. The van der Waals surface area contributed by atoms with Crippen LogP contribution in [0.15, 0.2) is 17.1 Å². The van der Waals surface area contributed by atoms with Gasteiger partial charge in [0.1, 0.15) is 0 Å². The van der Waals surface area contributed by atoms with Gasteiger partial charge in [0, 0.05) is 12.3 Å². The normalized spacial score (nSPS) is 12.8. The average molecular weight is 196 g/mol. The van der Waals surface area contributed by atoms with Crippen LogP contribution < -0.4 is 10.7 Å². The first-order chi connectivity index (χ1) is 6.61. The molecule has 2 N–H and O–H groups in total. The molecule has 14 heavy (non-hydrogen) atoms. The smallest absolute Gasteiger partial charge is 0.223 e. The predicted molar refractivity (Wildman–Crippen MR) is 55.5 cm³/mol. The van der Waals surface area contributed by atoms with E-state index in [2.05, 4.69) is 5.32 Å². The maximum atomic E-state index is 11.1. The summed E-state index contributed by atoms with van der Waals surface area (Å²) in [6.07, 6.45) is 2.70. The molecule has 0 saturated carbocycles. The minimum Gasteiger partial charge on any atom is -0.503 e. The molecule has 0 spiro atoms. The van der Waals surface area contributed by atoms with E-state index in [0.717, 1.165) is 6.42 Å². The topological polar surface area (TPSA) is 54.3 Å². The Kier molecular flexibility index (Phi) is 3.30. The quantitative estimate of drug-likeness (QED) is 0.758. The summed E-state index contributed by atoms with van der Waals surface area (Å²) in [6.45, 7) is 3.77. The van der Waals surface area contributed by atoms with Gasteiger partial charge in [0.05, 0.1) is 11.9 Å². The maximum absolute atomic E-state index is 11.1. The predicted octanol–water partition coefficient (Wildman–Crippen LogP) is 0.990. The van der Waals surface area contributed by atoms with E-state index in [-0.39, 0.29) is 17.3 Å². The monoisotopic (exact) mass is 196 g/mol. The van der Waals surface area contributed by atoms with Gasteiger partial charge in [-0.25, -0.2) is 0 Å². The van der Waals surface area contributed by atoms with E-state index < -0.39 is 0 Å². The van der Waals surface area contributed by atoms with Gasteiger partial charge in [-0.2, -0.15) is 0 Å². The molecule has 1 atom stereocenters. The second kappa shape index (κ2) is 4.28. The fraction of sp³-hybridized carbons (Fsp3) is 0.500.